The summed E-state index contributed by atoms with van der Waals surface area (Å²) in [4.78, 5) is 11.8. The number of hydrogen-bond acceptors (Lipinski definition) is 5. The van der Waals surface area contributed by atoms with Crippen molar-refractivity contribution in [2.45, 2.75) is 30.7 Å². The minimum Gasteiger partial charge on any atom is -0.392 e. The smallest absolute Gasteiger partial charge is 0.0682 e. The summed E-state index contributed by atoms with van der Waals surface area (Å²) in [6.07, 6.45) is 4.58. The average Bonchev–Trinajstić information content (AvgIpc) is 2.79. The molecule has 4 heterocycles. The number of nitrogens with zero attached hydrogens (tertiary/aromatic N) is 4. The summed E-state index contributed by atoms with van der Waals surface area (Å²) in [7, 11) is 2.19. The number of aliphatic hydroxyl groups excluding tert-OH is 1. The number of β-amino-alcohol motifs (C(OH)–C–C–N with tert-alkyl or cyclic N) is 1. The molecule has 1 N–H and O–H groups in total. The molecule has 2 atom stereocenters. The fraction of sp³-hybridized carbons (Fsp3) is 0.688. The van der Waals surface area contributed by atoms with Crippen molar-refractivity contribution in [1.82, 2.24) is 19.7 Å². The summed E-state index contributed by atoms with van der Waals surface area (Å²) >= 11 is 0. The number of hydrogen-bond donors (Lipinski definition) is 1. The predicted molar refractivity (Wildman–Crippen MR) is 80.9 cm³/mol. The van der Waals surface area contributed by atoms with Crippen LogP contribution in [0, 0.1) is 0 Å². The van der Waals surface area contributed by atoms with E-state index in [-0.39, 0.29) is 11.6 Å². The summed E-state index contributed by atoms with van der Waals surface area (Å²) in [5, 5.41) is 10.1. The maximum absolute atomic E-state index is 10.1. The van der Waals surface area contributed by atoms with Crippen molar-refractivity contribution in [3.8, 4) is 0 Å². The van der Waals surface area contributed by atoms with E-state index in [9.17, 15) is 5.11 Å². The first-order valence-corrected chi connectivity index (χ1v) is 7.89. The molecule has 5 heteroatoms. The lowest BCUT2D eigenvalue weighted by Gasteiger charge is -2.60. The van der Waals surface area contributed by atoms with Gasteiger partial charge in [0.15, 0.2) is 0 Å². The summed E-state index contributed by atoms with van der Waals surface area (Å²) in [5.74, 6) is 0. The molecule has 3 fully saturated rings. The van der Waals surface area contributed by atoms with E-state index in [1.165, 1.54) is 5.56 Å². The van der Waals surface area contributed by atoms with E-state index >= 15 is 0 Å². The number of fused-ring (bicyclic) bond motifs is 2. The fourth-order valence-corrected chi connectivity index (χ4v) is 4.63. The molecular weight excluding hydrogens is 264 g/mol. The van der Waals surface area contributed by atoms with E-state index in [2.05, 4.69) is 32.8 Å². The first-order chi connectivity index (χ1) is 10.1. The molecule has 2 unspecified atom stereocenters. The van der Waals surface area contributed by atoms with E-state index < -0.39 is 0 Å². The molecule has 3 saturated heterocycles. The van der Waals surface area contributed by atoms with Crippen LogP contribution in [0.15, 0.2) is 24.5 Å². The molecule has 0 radical (unpaired) electrons. The predicted octanol–water partition coefficient (Wildman–Crippen LogP) is 0.0166. The van der Waals surface area contributed by atoms with Gasteiger partial charge in [-0.1, -0.05) is 6.07 Å². The second-order valence-electron chi connectivity index (χ2n) is 7.12. The lowest BCUT2D eigenvalue weighted by Crippen LogP contribution is -2.77. The molecule has 0 amide bonds. The first-order valence-electron chi connectivity index (χ1n) is 7.89. The van der Waals surface area contributed by atoms with Gasteiger partial charge in [0.2, 0.25) is 0 Å². The lowest BCUT2D eigenvalue weighted by molar-refractivity contribution is -0.107. The number of aliphatic hydroxyl groups is 1. The van der Waals surface area contributed by atoms with Gasteiger partial charge >= 0.3 is 0 Å². The van der Waals surface area contributed by atoms with Crippen molar-refractivity contribution in [2.75, 3.05) is 39.8 Å². The van der Waals surface area contributed by atoms with Crippen LogP contribution in [0.4, 0.5) is 0 Å². The first kappa shape index (κ1) is 13.6. The van der Waals surface area contributed by atoms with Gasteiger partial charge in [-0.2, -0.15) is 0 Å². The molecule has 21 heavy (non-hydrogen) atoms. The van der Waals surface area contributed by atoms with Crippen molar-refractivity contribution in [3.63, 3.8) is 0 Å². The molecule has 3 aliphatic heterocycles. The molecule has 1 aromatic rings. The average molecular weight is 288 g/mol. The number of rotatable bonds is 2. The van der Waals surface area contributed by atoms with Crippen LogP contribution in [0.2, 0.25) is 0 Å². The third-order valence-electron chi connectivity index (χ3n) is 5.25. The third-order valence-corrected chi connectivity index (χ3v) is 5.25. The minimum absolute atomic E-state index is 0.142. The quantitative estimate of drug-likeness (QED) is 0.831. The van der Waals surface area contributed by atoms with Crippen molar-refractivity contribution in [1.29, 1.82) is 0 Å². The summed E-state index contributed by atoms with van der Waals surface area (Å²) < 4.78 is 0. The summed E-state index contributed by atoms with van der Waals surface area (Å²) in [6.45, 7) is 6.26. The summed E-state index contributed by atoms with van der Waals surface area (Å²) in [5.41, 5.74) is 1.55. The molecule has 0 bridgehead atoms. The Morgan fingerprint density at radius 3 is 2.90 bits per heavy atom. The van der Waals surface area contributed by atoms with Gasteiger partial charge in [-0.3, -0.25) is 14.8 Å². The zero-order valence-electron chi connectivity index (χ0n) is 12.6. The van der Waals surface area contributed by atoms with Crippen LogP contribution >= 0.6 is 0 Å². The Kier molecular flexibility index (Phi) is 3.26. The second kappa shape index (κ2) is 5.02. The van der Waals surface area contributed by atoms with Gasteiger partial charge in [0, 0.05) is 57.7 Å². The van der Waals surface area contributed by atoms with E-state index in [1.54, 1.807) is 0 Å². The molecular formula is C16H24N4O. The minimum atomic E-state index is -0.142. The van der Waals surface area contributed by atoms with Gasteiger partial charge in [-0.05, 0) is 25.1 Å². The highest BCUT2D eigenvalue weighted by molar-refractivity contribution is 5.15. The lowest BCUT2D eigenvalue weighted by atomic mass is 9.84. The highest BCUT2D eigenvalue weighted by atomic mass is 16.3. The molecule has 4 rings (SSSR count). The van der Waals surface area contributed by atoms with Crippen LogP contribution < -0.4 is 0 Å². The van der Waals surface area contributed by atoms with Crippen LogP contribution in [0.25, 0.3) is 0 Å². The van der Waals surface area contributed by atoms with Crippen LogP contribution in [0.3, 0.4) is 0 Å². The zero-order valence-corrected chi connectivity index (χ0v) is 12.6. The van der Waals surface area contributed by atoms with Crippen molar-refractivity contribution in [2.24, 2.45) is 0 Å². The maximum atomic E-state index is 10.1. The van der Waals surface area contributed by atoms with Crippen molar-refractivity contribution >= 4 is 0 Å². The second-order valence-corrected chi connectivity index (χ2v) is 7.12. The number of pyridine rings is 1. The molecule has 114 valence electrons. The largest absolute Gasteiger partial charge is 0.392 e. The van der Waals surface area contributed by atoms with Gasteiger partial charge in [0.05, 0.1) is 11.6 Å². The molecule has 0 aromatic carbocycles. The van der Waals surface area contributed by atoms with Crippen LogP contribution in [-0.2, 0) is 6.54 Å². The molecule has 3 aliphatic rings. The van der Waals surface area contributed by atoms with Crippen molar-refractivity contribution < 1.29 is 5.11 Å². The normalized spacial score (nSPS) is 33.0. The van der Waals surface area contributed by atoms with E-state index in [1.807, 2.05) is 18.5 Å². The Morgan fingerprint density at radius 2 is 2.19 bits per heavy atom. The van der Waals surface area contributed by atoms with Crippen LogP contribution in [0.1, 0.15) is 12.0 Å². The van der Waals surface area contributed by atoms with Gasteiger partial charge in [-0.25, -0.2) is 0 Å². The molecule has 5 nitrogen and oxygen atoms in total. The van der Waals surface area contributed by atoms with Crippen LogP contribution in [-0.4, -0.2) is 82.2 Å². The van der Waals surface area contributed by atoms with E-state index in [4.69, 9.17) is 0 Å². The van der Waals surface area contributed by atoms with E-state index in [0.29, 0.717) is 6.04 Å². The number of likely N-dealkylation sites (N-methyl/N-ethyl adjacent to an activating group) is 1. The Bertz CT molecular complexity index is 502. The van der Waals surface area contributed by atoms with Crippen molar-refractivity contribution in [3.05, 3.63) is 30.1 Å². The van der Waals surface area contributed by atoms with Gasteiger partial charge < -0.3 is 10.0 Å². The Labute approximate surface area is 126 Å². The molecule has 1 aromatic heterocycles. The van der Waals surface area contributed by atoms with Gasteiger partial charge in [0.25, 0.3) is 0 Å². The third kappa shape index (κ3) is 2.38. The monoisotopic (exact) mass is 288 g/mol. The number of aromatic nitrogens is 1. The molecule has 1 spiro atoms. The van der Waals surface area contributed by atoms with Crippen LogP contribution in [0.5, 0.6) is 0 Å². The standard InChI is InChI=1S/C16H24N4O/c1-18-10-16(11-18)12-19(7-13-3-2-4-17-6-13)8-14-5-15(21)9-20(14)16/h2-4,6,14-15,21H,5,7-12H2,1H3. The maximum Gasteiger partial charge on any atom is 0.0682 e. The number of likely N-dealkylation sites (tertiary alicyclic amines) is 1. The van der Waals surface area contributed by atoms with Gasteiger partial charge in [-0.15, -0.1) is 0 Å². The Balaban J connectivity index is 1.52. The zero-order chi connectivity index (χ0) is 14.4. The fourth-order valence-electron chi connectivity index (χ4n) is 4.63. The molecule has 0 aliphatic carbocycles. The topological polar surface area (TPSA) is 42.8 Å². The Morgan fingerprint density at radius 1 is 1.33 bits per heavy atom. The summed E-state index contributed by atoms with van der Waals surface area (Å²) in [6, 6.07) is 4.68. The van der Waals surface area contributed by atoms with E-state index in [0.717, 1.165) is 45.7 Å². The highest BCUT2D eigenvalue weighted by Crippen LogP contribution is 2.38. The van der Waals surface area contributed by atoms with Gasteiger partial charge in [0.1, 0.15) is 0 Å². The Hall–Kier alpha value is -1.01. The number of piperazine rings is 1. The highest BCUT2D eigenvalue weighted by Gasteiger charge is 2.54. The SMILES string of the molecule is CN1CC2(C1)CN(Cc1cccnc1)CC1CC(O)CN12. The molecule has 0 saturated carbocycles.